The van der Waals surface area contributed by atoms with E-state index >= 15 is 0 Å². The monoisotopic (exact) mass is 278 g/mol. The molecule has 5 nitrogen and oxygen atoms in total. The SMILES string of the molecule is CCOC(=O)C(N)C(O)c1ncccc1C(F)(F)F. The van der Waals surface area contributed by atoms with E-state index in [1.165, 1.54) is 6.92 Å². The van der Waals surface area contributed by atoms with Crippen molar-refractivity contribution in [1.29, 1.82) is 0 Å². The molecule has 19 heavy (non-hydrogen) atoms. The van der Waals surface area contributed by atoms with E-state index in [4.69, 9.17) is 5.73 Å². The van der Waals surface area contributed by atoms with E-state index in [1.807, 2.05) is 0 Å². The molecule has 1 heterocycles. The molecule has 1 rings (SSSR count). The molecule has 0 bridgehead atoms. The predicted molar refractivity (Wildman–Crippen MR) is 58.8 cm³/mol. The molecular formula is C11H13F3N2O3. The Morgan fingerprint density at radius 3 is 2.74 bits per heavy atom. The van der Waals surface area contributed by atoms with Crippen LogP contribution >= 0.6 is 0 Å². The van der Waals surface area contributed by atoms with E-state index in [1.54, 1.807) is 0 Å². The second-order valence-corrected chi connectivity index (χ2v) is 3.66. The van der Waals surface area contributed by atoms with E-state index < -0.39 is 35.5 Å². The smallest absolute Gasteiger partial charge is 0.418 e. The van der Waals surface area contributed by atoms with Crippen LogP contribution in [-0.4, -0.2) is 28.7 Å². The van der Waals surface area contributed by atoms with Gasteiger partial charge in [0.15, 0.2) is 0 Å². The van der Waals surface area contributed by atoms with Gasteiger partial charge in [0.25, 0.3) is 0 Å². The van der Waals surface area contributed by atoms with Gasteiger partial charge < -0.3 is 15.6 Å². The second kappa shape index (κ2) is 5.98. The number of carbonyl (C=O) groups is 1. The van der Waals surface area contributed by atoms with Gasteiger partial charge in [-0.3, -0.25) is 9.78 Å². The Morgan fingerprint density at radius 2 is 2.21 bits per heavy atom. The first kappa shape index (κ1) is 15.4. The number of carbonyl (C=O) groups excluding carboxylic acids is 1. The van der Waals surface area contributed by atoms with Gasteiger partial charge in [-0.15, -0.1) is 0 Å². The van der Waals surface area contributed by atoms with E-state index in [0.29, 0.717) is 0 Å². The molecule has 0 aliphatic rings. The number of rotatable bonds is 4. The normalized spacial score (nSPS) is 14.8. The van der Waals surface area contributed by atoms with Crippen LogP contribution in [0.25, 0.3) is 0 Å². The molecule has 0 saturated carbocycles. The van der Waals surface area contributed by atoms with Crippen molar-refractivity contribution in [3.63, 3.8) is 0 Å². The number of alkyl halides is 3. The number of aliphatic hydroxyl groups is 1. The Labute approximate surface area is 107 Å². The lowest BCUT2D eigenvalue weighted by Gasteiger charge is -2.20. The molecule has 0 aromatic carbocycles. The first-order chi connectivity index (χ1) is 8.79. The second-order valence-electron chi connectivity index (χ2n) is 3.66. The van der Waals surface area contributed by atoms with Crippen LogP contribution in [0.1, 0.15) is 24.3 Å². The van der Waals surface area contributed by atoms with Gasteiger partial charge in [0.05, 0.1) is 17.9 Å². The number of nitrogens with two attached hydrogens (primary N) is 1. The summed E-state index contributed by atoms with van der Waals surface area (Å²) >= 11 is 0. The summed E-state index contributed by atoms with van der Waals surface area (Å²) in [7, 11) is 0. The van der Waals surface area contributed by atoms with Gasteiger partial charge >= 0.3 is 12.1 Å². The number of hydrogen-bond acceptors (Lipinski definition) is 5. The Morgan fingerprint density at radius 1 is 1.58 bits per heavy atom. The zero-order valence-corrected chi connectivity index (χ0v) is 10.0. The van der Waals surface area contributed by atoms with Crippen molar-refractivity contribution in [2.45, 2.75) is 25.2 Å². The van der Waals surface area contributed by atoms with Crippen molar-refractivity contribution in [1.82, 2.24) is 4.98 Å². The average molecular weight is 278 g/mol. The Kier molecular flexibility index (Phi) is 4.84. The average Bonchev–Trinajstić information content (AvgIpc) is 2.36. The van der Waals surface area contributed by atoms with Crippen molar-refractivity contribution >= 4 is 5.97 Å². The summed E-state index contributed by atoms with van der Waals surface area (Å²) in [6.07, 6.45) is -5.51. The number of aromatic nitrogens is 1. The Hall–Kier alpha value is -1.67. The highest BCUT2D eigenvalue weighted by molar-refractivity contribution is 5.76. The summed E-state index contributed by atoms with van der Waals surface area (Å²) < 4.78 is 42.7. The van der Waals surface area contributed by atoms with E-state index in [0.717, 1.165) is 18.3 Å². The highest BCUT2D eigenvalue weighted by Gasteiger charge is 2.38. The molecule has 8 heteroatoms. The number of ether oxygens (including phenoxy) is 1. The molecule has 1 aromatic rings. The summed E-state index contributed by atoms with van der Waals surface area (Å²) in [6, 6.07) is 0.203. The zero-order valence-electron chi connectivity index (χ0n) is 10.0. The van der Waals surface area contributed by atoms with Gasteiger partial charge in [0, 0.05) is 6.20 Å². The minimum atomic E-state index is -4.70. The molecule has 0 amide bonds. The van der Waals surface area contributed by atoms with Crippen LogP contribution in [0.15, 0.2) is 18.3 Å². The lowest BCUT2D eigenvalue weighted by molar-refractivity contribution is -0.149. The molecule has 3 N–H and O–H groups in total. The molecule has 106 valence electrons. The summed E-state index contributed by atoms with van der Waals surface area (Å²) in [6.45, 7) is 1.52. The maximum Gasteiger partial charge on any atom is 0.418 e. The van der Waals surface area contributed by atoms with Crippen molar-refractivity contribution in [2.24, 2.45) is 5.73 Å². The van der Waals surface area contributed by atoms with E-state index in [2.05, 4.69) is 9.72 Å². The molecular weight excluding hydrogens is 265 g/mol. The molecule has 0 aliphatic carbocycles. The van der Waals surface area contributed by atoms with Crippen molar-refractivity contribution in [3.05, 3.63) is 29.6 Å². The summed E-state index contributed by atoms with van der Waals surface area (Å²) in [5.41, 5.74) is 3.52. The van der Waals surface area contributed by atoms with Gasteiger partial charge in [0.1, 0.15) is 12.1 Å². The molecule has 0 fully saturated rings. The Bertz CT molecular complexity index is 451. The van der Waals surface area contributed by atoms with Gasteiger partial charge in [0.2, 0.25) is 0 Å². The van der Waals surface area contributed by atoms with Crippen molar-refractivity contribution < 1.29 is 27.8 Å². The van der Waals surface area contributed by atoms with Crippen LogP contribution in [0.3, 0.4) is 0 Å². The standard InChI is InChI=1S/C11H13F3N2O3/c1-2-19-10(18)7(15)9(17)8-6(11(12,13)14)4-3-5-16-8/h3-5,7,9,17H,2,15H2,1H3. The Balaban J connectivity index is 3.06. The molecule has 2 atom stereocenters. The largest absolute Gasteiger partial charge is 0.465 e. The van der Waals surface area contributed by atoms with Crippen molar-refractivity contribution in [3.8, 4) is 0 Å². The van der Waals surface area contributed by atoms with E-state index in [9.17, 15) is 23.1 Å². The van der Waals surface area contributed by atoms with Gasteiger partial charge in [-0.05, 0) is 19.1 Å². The maximum absolute atomic E-state index is 12.7. The quantitative estimate of drug-likeness (QED) is 0.803. The number of esters is 1. The molecule has 0 aliphatic heterocycles. The van der Waals surface area contributed by atoms with Crippen LogP contribution in [0.2, 0.25) is 0 Å². The third-order valence-electron chi connectivity index (χ3n) is 2.32. The van der Waals surface area contributed by atoms with Crippen LogP contribution in [0.4, 0.5) is 13.2 Å². The predicted octanol–water partition coefficient (Wildman–Crippen LogP) is 1.02. The molecule has 0 spiro atoms. The van der Waals surface area contributed by atoms with Gasteiger partial charge in [-0.2, -0.15) is 13.2 Å². The van der Waals surface area contributed by atoms with Crippen LogP contribution in [0.5, 0.6) is 0 Å². The van der Waals surface area contributed by atoms with E-state index in [-0.39, 0.29) is 6.61 Å². The molecule has 1 aromatic heterocycles. The maximum atomic E-state index is 12.7. The zero-order chi connectivity index (χ0) is 14.6. The highest BCUT2D eigenvalue weighted by atomic mass is 19.4. The minimum Gasteiger partial charge on any atom is -0.465 e. The number of hydrogen-bond donors (Lipinski definition) is 2. The van der Waals surface area contributed by atoms with Crippen LogP contribution in [-0.2, 0) is 15.7 Å². The number of aliphatic hydroxyl groups excluding tert-OH is 1. The third kappa shape index (κ3) is 3.65. The summed E-state index contributed by atoms with van der Waals surface area (Å²) in [4.78, 5) is 14.8. The van der Waals surface area contributed by atoms with Crippen molar-refractivity contribution in [2.75, 3.05) is 6.61 Å². The fraction of sp³-hybridized carbons (Fsp3) is 0.455. The first-order valence-corrected chi connectivity index (χ1v) is 5.41. The molecule has 2 unspecified atom stereocenters. The van der Waals surface area contributed by atoms with Gasteiger partial charge in [-0.25, -0.2) is 0 Å². The fourth-order valence-electron chi connectivity index (χ4n) is 1.43. The molecule has 0 radical (unpaired) electrons. The number of halogens is 3. The van der Waals surface area contributed by atoms with Crippen LogP contribution in [0, 0.1) is 0 Å². The summed E-state index contributed by atoms with van der Waals surface area (Å²) in [5.74, 6) is -0.992. The summed E-state index contributed by atoms with van der Waals surface area (Å²) in [5, 5.41) is 9.74. The number of pyridine rings is 1. The highest BCUT2D eigenvalue weighted by Crippen LogP contribution is 2.34. The topological polar surface area (TPSA) is 85.4 Å². The minimum absolute atomic E-state index is 0.00754. The number of nitrogens with zero attached hydrogens (tertiary/aromatic N) is 1. The van der Waals surface area contributed by atoms with Crippen LogP contribution < -0.4 is 5.73 Å². The third-order valence-corrected chi connectivity index (χ3v) is 2.32. The lowest BCUT2D eigenvalue weighted by atomic mass is 10.0. The first-order valence-electron chi connectivity index (χ1n) is 5.41. The lowest BCUT2D eigenvalue weighted by Crippen LogP contribution is -2.39. The molecule has 0 saturated heterocycles. The van der Waals surface area contributed by atoms with Gasteiger partial charge in [-0.1, -0.05) is 0 Å². The fourth-order valence-corrected chi connectivity index (χ4v) is 1.43.